The highest BCUT2D eigenvalue weighted by Crippen LogP contribution is 2.19. The standard InChI is InChI=1S/C5F6O/c6-1(4(8)9)3(12)2(7)5(10)11. The minimum absolute atomic E-state index is 2.66. The Morgan fingerprint density at radius 1 is 0.667 bits per heavy atom. The maximum absolute atomic E-state index is 11.7. The normalized spacial score (nSPS) is 9.17. The van der Waals surface area contributed by atoms with Crippen LogP contribution in [0.15, 0.2) is 23.8 Å². The van der Waals surface area contributed by atoms with Gasteiger partial charge in [-0.15, -0.1) is 0 Å². The van der Waals surface area contributed by atoms with E-state index in [0.717, 1.165) is 0 Å². The van der Waals surface area contributed by atoms with Crippen molar-refractivity contribution < 1.29 is 31.1 Å². The number of allylic oxidation sites excluding steroid dienone is 2. The fraction of sp³-hybridized carbons (Fsp3) is 0. The van der Waals surface area contributed by atoms with Crippen LogP contribution >= 0.6 is 0 Å². The van der Waals surface area contributed by atoms with E-state index in [9.17, 15) is 31.1 Å². The van der Waals surface area contributed by atoms with Gasteiger partial charge in [0.25, 0.3) is 5.78 Å². The SMILES string of the molecule is O=C(C(F)=C(F)F)C(F)=C(F)F. The monoisotopic (exact) mass is 190 g/mol. The molecule has 7 heteroatoms. The highest BCUT2D eigenvalue weighted by molar-refractivity contribution is 6.05. The van der Waals surface area contributed by atoms with Gasteiger partial charge in [0.15, 0.2) is 0 Å². The van der Waals surface area contributed by atoms with Crippen molar-refractivity contribution in [3.63, 3.8) is 0 Å². The van der Waals surface area contributed by atoms with Crippen molar-refractivity contribution in [1.82, 2.24) is 0 Å². The molecule has 0 saturated carbocycles. The molecule has 0 atom stereocenters. The number of carbonyl (C=O) groups excluding carboxylic acids is 1. The summed E-state index contributed by atoms with van der Waals surface area (Å²) in [7, 11) is 0. The van der Waals surface area contributed by atoms with Gasteiger partial charge in [-0.25, -0.2) is 0 Å². The van der Waals surface area contributed by atoms with Crippen molar-refractivity contribution in [2.45, 2.75) is 0 Å². The Labute approximate surface area is 62.0 Å². The molecule has 0 aromatic rings. The second kappa shape index (κ2) is 3.93. The van der Waals surface area contributed by atoms with E-state index >= 15 is 0 Å². The summed E-state index contributed by atoms with van der Waals surface area (Å²) in [6.45, 7) is 0. The van der Waals surface area contributed by atoms with Gasteiger partial charge in [-0.05, 0) is 0 Å². The van der Waals surface area contributed by atoms with Crippen molar-refractivity contribution >= 4 is 5.78 Å². The van der Waals surface area contributed by atoms with Gasteiger partial charge in [-0.3, -0.25) is 4.79 Å². The molecule has 0 spiro atoms. The van der Waals surface area contributed by atoms with Crippen LogP contribution in [-0.4, -0.2) is 5.78 Å². The Balaban J connectivity index is 4.90. The molecular formula is C5F6O. The second-order valence-corrected chi connectivity index (χ2v) is 1.48. The predicted molar refractivity (Wildman–Crippen MR) is 25.7 cm³/mol. The molecule has 0 amide bonds. The van der Waals surface area contributed by atoms with E-state index in [-0.39, 0.29) is 0 Å². The molecular weight excluding hydrogens is 190 g/mol. The number of carbonyl (C=O) groups is 1. The summed E-state index contributed by atoms with van der Waals surface area (Å²) < 4.78 is 68.0. The molecule has 68 valence electrons. The number of hydrogen-bond acceptors (Lipinski definition) is 1. The van der Waals surface area contributed by atoms with Gasteiger partial charge in [0.2, 0.25) is 11.7 Å². The van der Waals surface area contributed by atoms with Gasteiger partial charge >= 0.3 is 12.2 Å². The molecule has 0 radical (unpaired) electrons. The molecule has 0 aliphatic rings. The van der Waals surface area contributed by atoms with Crippen LogP contribution in [0.2, 0.25) is 0 Å². The van der Waals surface area contributed by atoms with Gasteiger partial charge in [0.1, 0.15) is 0 Å². The first-order valence-corrected chi connectivity index (χ1v) is 2.34. The van der Waals surface area contributed by atoms with Crippen molar-refractivity contribution in [3.05, 3.63) is 23.8 Å². The van der Waals surface area contributed by atoms with Crippen LogP contribution in [0.25, 0.3) is 0 Å². The van der Waals surface area contributed by atoms with Crippen LogP contribution < -0.4 is 0 Å². The number of rotatable bonds is 2. The average molecular weight is 190 g/mol. The number of Topliss-reactive ketones (excluding diaryl/α,β-unsaturated/α-hetero) is 1. The molecule has 0 unspecified atom stereocenters. The van der Waals surface area contributed by atoms with Gasteiger partial charge in [-0.2, -0.15) is 26.3 Å². The van der Waals surface area contributed by atoms with Crippen LogP contribution in [0.3, 0.4) is 0 Å². The fourth-order valence-electron chi connectivity index (χ4n) is 0.268. The molecule has 12 heavy (non-hydrogen) atoms. The van der Waals surface area contributed by atoms with E-state index < -0.39 is 29.6 Å². The molecule has 0 aliphatic heterocycles. The Morgan fingerprint density at radius 2 is 0.917 bits per heavy atom. The van der Waals surface area contributed by atoms with Crippen molar-refractivity contribution in [3.8, 4) is 0 Å². The Morgan fingerprint density at radius 3 is 1.08 bits per heavy atom. The molecule has 0 rings (SSSR count). The zero-order valence-corrected chi connectivity index (χ0v) is 5.18. The van der Waals surface area contributed by atoms with E-state index in [2.05, 4.69) is 0 Å². The van der Waals surface area contributed by atoms with E-state index in [1.807, 2.05) is 0 Å². The summed E-state index contributed by atoms with van der Waals surface area (Å²) in [5.41, 5.74) is 0. The third kappa shape index (κ3) is 2.40. The quantitative estimate of drug-likeness (QED) is 0.483. The Hall–Kier alpha value is -1.27. The van der Waals surface area contributed by atoms with E-state index in [1.165, 1.54) is 0 Å². The summed E-state index contributed by atoms with van der Waals surface area (Å²) in [5.74, 6) is -8.30. The fourth-order valence-corrected chi connectivity index (χ4v) is 0.268. The summed E-state index contributed by atoms with van der Waals surface area (Å²) in [6, 6.07) is 0. The zero-order valence-electron chi connectivity index (χ0n) is 5.18. The lowest BCUT2D eigenvalue weighted by atomic mass is 10.3. The van der Waals surface area contributed by atoms with E-state index in [0.29, 0.717) is 0 Å². The van der Waals surface area contributed by atoms with Gasteiger partial charge in [-0.1, -0.05) is 0 Å². The lowest BCUT2D eigenvalue weighted by Crippen LogP contribution is -2.00. The maximum Gasteiger partial charge on any atom is 0.309 e. The van der Waals surface area contributed by atoms with Crippen molar-refractivity contribution in [2.75, 3.05) is 0 Å². The minimum Gasteiger partial charge on any atom is -0.283 e. The smallest absolute Gasteiger partial charge is 0.283 e. The van der Waals surface area contributed by atoms with Gasteiger partial charge < -0.3 is 0 Å². The van der Waals surface area contributed by atoms with Crippen LogP contribution in [0.4, 0.5) is 26.3 Å². The average Bonchev–Trinajstić information content (AvgIpc) is 2.00. The third-order valence-corrected chi connectivity index (χ3v) is 0.731. The molecule has 0 N–H and O–H groups in total. The molecule has 0 aromatic heterocycles. The molecule has 0 fully saturated rings. The zero-order chi connectivity index (χ0) is 9.89. The highest BCUT2D eigenvalue weighted by atomic mass is 19.3. The first-order chi connectivity index (χ1) is 5.37. The van der Waals surface area contributed by atoms with Crippen LogP contribution in [-0.2, 0) is 4.79 Å². The van der Waals surface area contributed by atoms with E-state index in [4.69, 9.17) is 0 Å². The molecule has 0 saturated heterocycles. The summed E-state index contributed by atoms with van der Waals surface area (Å²) in [6.07, 6.45) is -6.28. The second-order valence-electron chi connectivity index (χ2n) is 1.48. The van der Waals surface area contributed by atoms with Crippen molar-refractivity contribution in [1.29, 1.82) is 0 Å². The van der Waals surface area contributed by atoms with Crippen LogP contribution in [0.1, 0.15) is 0 Å². The van der Waals surface area contributed by atoms with Crippen LogP contribution in [0.5, 0.6) is 0 Å². The topological polar surface area (TPSA) is 17.1 Å². The lowest BCUT2D eigenvalue weighted by Gasteiger charge is -1.90. The molecule has 0 aromatic carbocycles. The highest BCUT2D eigenvalue weighted by Gasteiger charge is 2.24. The number of halogens is 6. The summed E-state index contributed by atoms with van der Waals surface area (Å²) in [4.78, 5) is 9.90. The first-order valence-electron chi connectivity index (χ1n) is 2.34. The largest absolute Gasteiger partial charge is 0.309 e. The molecule has 0 aliphatic carbocycles. The lowest BCUT2D eigenvalue weighted by molar-refractivity contribution is -0.115. The van der Waals surface area contributed by atoms with Gasteiger partial charge in [0, 0.05) is 0 Å². The molecule has 0 heterocycles. The number of hydrogen-bond donors (Lipinski definition) is 0. The third-order valence-electron chi connectivity index (χ3n) is 0.731. The summed E-state index contributed by atoms with van der Waals surface area (Å²) in [5, 5.41) is 0. The minimum atomic E-state index is -3.14. The summed E-state index contributed by atoms with van der Waals surface area (Å²) >= 11 is 0. The van der Waals surface area contributed by atoms with Gasteiger partial charge in [0.05, 0.1) is 0 Å². The Bertz CT molecular complexity index is 231. The van der Waals surface area contributed by atoms with Crippen LogP contribution in [0, 0.1) is 0 Å². The Kier molecular flexibility index (Phi) is 3.52. The van der Waals surface area contributed by atoms with E-state index in [1.54, 1.807) is 0 Å². The molecule has 1 nitrogen and oxygen atoms in total. The first kappa shape index (κ1) is 10.7. The molecule has 0 bridgehead atoms. The maximum atomic E-state index is 11.7. The van der Waals surface area contributed by atoms with Crippen molar-refractivity contribution in [2.24, 2.45) is 0 Å². The predicted octanol–water partition coefficient (Wildman–Crippen LogP) is 2.71. The number of ketones is 1.